The third kappa shape index (κ3) is 6.09. The molecule has 0 fully saturated rings. The summed E-state index contributed by atoms with van der Waals surface area (Å²) >= 11 is 11.7. The molecule has 22 heavy (non-hydrogen) atoms. The number of carbonyl (C=O) groups excluding carboxylic acids is 2. The van der Waals surface area contributed by atoms with E-state index >= 15 is 0 Å². The van der Waals surface area contributed by atoms with Gasteiger partial charge in [-0.3, -0.25) is 4.79 Å². The molecule has 0 saturated carbocycles. The molecular formula is C14H17Cl2NO5. The van der Waals surface area contributed by atoms with Crippen molar-refractivity contribution in [1.82, 2.24) is 5.32 Å². The maximum atomic E-state index is 11.8. The van der Waals surface area contributed by atoms with E-state index in [2.05, 4.69) is 10.1 Å². The summed E-state index contributed by atoms with van der Waals surface area (Å²) in [5.41, 5.74) is 0. The predicted octanol–water partition coefficient (Wildman–Crippen LogP) is 2.07. The first-order valence-corrected chi connectivity index (χ1v) is 7.17. The largest absolute Gasteiger partial charge is 0.482 e. The van der Waals surface area contributed by atoms with Gasteiger partial charge in [-0.25, -0.2) is 4.79 Å². The summed E-state index contributed by atoms with van der Waals surface area (Å²) in [5, 5.41) is 3.28. The minimum absolute atomic E-state index is 0.288. The van der Waals surface area contributed by atoms with E-state index in [0.717, 1.165) is 0 Å². The lowest BCUT2D eigenvalue weighted by Gasteiger charge is -2.16. The van der Waals surface area contributed by atoms with E-state index < -0.39 is 17.9 Å². The highest BCUT2D eigenvalue weighted by atomic mass is 35.5. The number of carbonyl (C=O) groups is 2. The number of methoxy groups -OCH3 is 2. The molecule has 6 nitrogen and oxygen atoms in total. The highest BCUT2D eigenvalue weighted by molar-refractivity contribution is 6.34. The number of nitrogens with one attached hydrogen (secondary N) is 1. The average Bonchev–Trinajstić information content (AvgIpc) is 2.51. The standard InChI is InChI=1S/C14H17Cl2NO5/c1-20-6-5-11(14(19)21-2)17-13(18)8-22-12-7-9(15)3-4-10(12)16/h3-4,7,11H,5-6,8H2,1-2H3,(H,17,18)/t11-/m1/s1. The van der Waals surface area contributed by atoms with Crippen LogP contribution in [0.4, 0.5) is 0 Å². The summed E-state index contributed by atoms with van der Waals surface area (Å²) in [6.07, 6.45) is 0.298. The van der Waals surface area contributed by atoms with Gasteiger partial charge >= 0.3 is 5.97 Å². The van der Waals surface area contributed by atoms with E-state index in [0.29, 0.717) is 23.1 Å². The predicted molar refractivity (Wildman–Crippen MR) is 82.4 cm³/mol. The fourth-order valence-electron chi connectivity index (χ4n) is 1.59. The molecule has 0 aliphatic rings. The Kier molecular flexibility index (Phi) is 8.01. The fourth-order valence-corrected chi connectivity index (χ4v) is 1.93. The maximum absolute atomic E-state index is 11.8. The first kappa shape index (κ1) is 18.5. The summed E-state index contributed by atoms with van der Waals surface area (Å²) in [6, 6.07) is 3.87. The van der Waals surface area contributed by atoms with Gasteiger partial charge in [0.25, 0.3) is 5.91 Å². The minimum atomic E-state index is -0.795. The van der Waals surface area contributed by atoms with Crippen LogP contribution in [0.2, 0.25) is 10.0 Å². The van der Waals surface area contributed by atoms with Crippen LogP contribution in [0.1, 0.15) is 6.42 Å². The van der Waals surface area contributed by atoms with E-state index in [1.807, 2.05) is 0 Å². The zero-order valence-corrected chi connectivity index (χ0v) is 13.7. The van der Waals surface area contributed by atoms with Crippen molar-refractivity contribution in [3.63, 3.8) is 0 Å². The van der Waals surface area contributed by atoms with Crippen molar-refractivity contribution < 1.29 is 23.8 Å². The Morgan fingerprint density at radius 3 is 2.64 bits per heavy atom. The zero-order chi connectivity index (χ0) is 16.5. The average molecular weight is 350 g/mol. The molecule has 0 unspecified atom stereocenters. The Bertz CT molecular complexity index is 524. The van der Waals surface area contributed by atoms with Gasteiger partial charge in [0.15, 0.2) is 6.61 Å². The molecule has 0 heterocycles. The van der Waals surface area contributed by atoms with Gasteiger partial charge in [-0.1, -0.05) is 23.2 Å². The summed E-state index contributed by atoms with van der Waals surface area (Å²) in [5.74, 6) is -0.746. The van der Waals surface area contributed by atoms with Crippen LogP contribution in [0.3, 0.4) is 0 Å². The Morgan fingerprint density at radius 1 is 1.27 bits per heavy atom. The number of benzene rings is 1. The molecule has 1 amide bonds. The molecule has 1 atom stereocenters. The number of hydrogen-bond donors (Lipinski definition) is 1. The number of halogens is 2. The zero-order valence-electron chi connectivity index (χ0n) is 12.2. The molecule has 8 heteroatoms. The van der Waals surface area contributed by atoms with Crippen LogP contribution in [0.5, 0.6) is 5.75 Å². The number of rotatable bonds is 8. The highest BCUT2D eigenvalue weighted by Crippen LogP contribution is 2.27. The van der Waals surface area contributed by atoms with Crippen molar-refractivity contribution in [2.45, 2.75) is 12.5 Å². The van der Waals surface area contributed by atoms with E-state index in [-0.39, 0.29) is 12.4 Å². The molecule has 0 aliphatic heterocycles. The molecule has 1 aromatic carbocycles. The van der Waals surface area contributed by atoms with Crippen molar-refractivity contribution in [3.8, 4) is 5.75 Å². The minimum Gasteiger partial charge on any atom is -0.482 e. The second-order valence-electron chi connectivity index (χ2n) is 4.29. The molecule has 1 aromatic rings. The number of hydrogen-bond acceptors (Lipinski definition) is 5. The lowest BCUT2D eigenvalue weighted by atomic mass is 10.2. The molecule has 1 rings (SSSR count). The van der Waals surface area contributed by atoms with E-state index in [9.17, 15) is 9.59 Å². The molecule has 0 aliphatic carbocycles. The summed E-state index contributed by atoms with van der Waals surface area (Å²) in [4.78, 5) is 23.4. The molecule has 0 radical (unpaired) electrons. The van der Waals surface area contributed by atoms with Crippen LogP contribution >= 0.6 is 23.2 Å². The van der Waals surface area contributed by atoms with Gasteiger partial charge in [-0.2, -0.15) is 0 Å². The monoisotopic (exact) mass is 349 g/mol. The lowest BCUT2D eigenvalue weighted by molar-refractivity contribution is -0.145. The summed E-state index contributed by atoms with van der Waals surface area (Å²) < 4.78 is 14.8. The third-order valence-electron chi connectivity index (χ3n) is 2.68. The van der Waals surface area contributed by atoms with Gasteiger partial charge in [-0.05, 0) is 12.1 Å². The topological polar surface area (TPSA) is 73.9 Å². The van der Waals surface area contributed by atoms with Crippen molar-refractivity contribution in [2.24, 2.45) is 0 Å². The smallest absolute Gasteiger partial charge is 0.328 e. The Labute approximate surface area is 138 Å². The number of ether oxygens (including phenoxy) is 3. The molecule has 0 spiro atoms. The SMILES string of the molecule is COCC[C@@H](NC(=O)COc1cc(Cl)ccc1Cl)C(=O)OC. The van der Waals surface area contributed by atoms with Crippen LogP contribution in [-0.4, -0.2) is 45.4 Å². The lowest BCUT2D eigenvalue weighted by Crippen LogP contribution is -2.44. The van der Waals surface area contributed by atoms with Crippen LogP contribution < -0.4 is 10.1 Å². The second-order valence-corrected chi connectivity index (χ2v) is 5.13. The first-order chi connectivity index (χ1) is 10.5. The van der Waals surface area contributed by atoms with Crippen LogP contribution in [-0.2, 0) is 19.1 Å². The van der Waals surface area contributed by atoms with Crippen LogP contribution in [0.15, 0.2) is 18.2 Å². The van der Waals surface area contributed by atoms with E-state index in [1.165, 1.54) is 20.3 Å². The first-order valence-electron chi connectivity index (χ1n) is 6.42. The molecule has 1 N–H and O–H groups in total. The van der Waals surface area contributed by atoms with Gasteiger partial charge < -0.3 is 19.5 Å². The molecule has 0 bridgehead atoms. The van der Waals surface area contributed by atoms with Crippen molar-refractivity contribution in [1.29, 1.82) is 0 Å². The normalized spacial score (nSPS) is 11.6. The van der Waals surface area contributed by atoms with Gasteiger partial charge in [0.1, 0.15) is 11.8 Å². The molecular weight excluding hydrogens is 333 g/mol. The Morgan fingerprint density at radius 2 is 2.00 bits per heavy atom. The second kappa shape index (κ2) is 9.50. The van der Waals surface area contributed by atoms with Crippen molar-refractivity contribution >= 4 is 35.1 Å². The van der Waals surface area contributed by atoms with Gasteiger partial charge in [0.05, 0.1) is 12.1 Å². The summed E-state index contributed by atoms with van der Waals surface area (Å²) in [6.45, 7) is 0.00155. The van der Waals surface area contributed by atoms with E-state index in [4.69, 9.17) is 32.7 Å². The maximum Gasteiger partial charge on any atom is 0.328 e. The number of amides is 1. The third-order valence-corrected chi connectivity index (χ3v) is 3.23. The van der Waals surface area contributed by atoms with Crippen molar-refractivity contribution in [3.05, 3.63) is 28.2 Å². The van der Waals surface area contributed by atoms with Gasteiger partial charge in [0, 0.05) is 31.2 Å². The molecule has 122 valence electrons. The van der Waals surface area contributed by atoms with E-state index in [1.54, 1.807) is 12.1 Å². The van der Waals surface area contributed by atoms with Gasteiger partial charge in [-0.15, -0.1) is 0 Å². The van der Waals surface area contributed by atoms with Crippen LogP contribution in [0, 0.1) is 0 Å². The van der Waals surface area contributed by atoms with Gasteiger partial charge in [0.2, 0.25) is 0 Å². The Hall–Kier alpha value is -1.50. The highest BCUT2D eigenvalue weighted by Gasteiger charge is 2.21. The fraction of sp³-hybridized carbons (Fsp3) is 0.429. The Balaban J connectivity index is 2.56. The number of esters is 1. The van der Waals surface area contributed by atoms with Crippen LogP contribution in [0.25, 0.3) is 0 Å². The molecule has 0 saturated heterocycles. The quantitative estimate of drug-likeness (QED) is 0.727. The van der Waals surface area contributed by atoms with Crippen molar-refractivity contribution in [2.75, 3.05) is 27.4 Å². The summed E-state index contributed by atoms with van der Waals surface area (Å²) in [7, 11) is 2.75. The molecule has 0 aromatic heterocycles.